The van der Waals surface area contributed by atoms with Gasteiger partial charge in [-0.3, -0.25) is 9.59 Å². The van der Waals surface area contributed by atoms with Crippen molar-refractivity contribution in [1.82, 2.24) is 14.1 Å². The number of piperidine rings is 1. The number of benzene rings is 1. The average Bonchev–Trinajstić information content (AvgIpc) is 3.49. The van der Waals surface area contributed by atoms with Crippen LogP contribution >= 0.6 is 11.3 Å². The molecule has 0 spiro atoms. The monoisotopic (exact) mass is 589 g/mol. The van der Waals surface area contributed by atoms with Gasteiger partial charge in [0, 0.05) is 37.1 Å². The van der Waals surface area contributed by atoms with Gasteiger partial charge < -0.3 is 14.5 Å². The molecule has 4 rings (SSSR count). The molecule has 0 radical (unpaired) electrons. The van der Waals surface area contributed by atoms with E-state index in [1.54, 1.807) is 25.4 Å². The van der Waals surface area contributed by atoms with Gasteiger partial charge in [0.25, 0.3) is 0 Å². The van der Waals surface area contributed by atoms with Crippen molar-refractivity contribution < 1.29 is 22.7 Å². The molecule has 0 atom stereocenters. The Morgan fingerprint density at radius 3 is 2.33 bits per heavy atom. The van der Waals surface area contributed by atoms with E-state index in [1.165, 1.54) is 10.7 Å². The third-order valence-corrected chi connectivity index (χ3v) is 10.9. The number of nitrogens with zero attached hydrogens (tertiary/aromatic N) is 3. The summed E-state index contributed by atoms with van der Waals surface area (Å²) >= 11 is 1.59. The Bertz CT molecular complexity index is 1190. The summed E-state index contributed by atoms with van der Waals surface area (Å²) in [4.78, 5) is 31.6. The SMILES string of the molecule is CCS(=O)(=O)N(CC(=O)N(Cc1ccc(OC)cc1)C1CCN(C(=O)Cc2cccs2)CC1)CC1CCCCC1. The van der Waals surface area contributed by atoms with Crippen LogP contribution in [0.15, 0.2) is 41.8 Å². The molecule has 1 saturated carbocycles. The molecule has 0 bridgehead atoms. The van der Waals surface area contributed by atoms with Crippen molar-refractivity contribution in [2.24, 2.45) is 5.92 Å². The number of hydrogen-bond acceptors (Lipinski definition) is 6. The fraction of sp³-hybridized carbons (Fsp3) is 0.600. The van der Waals surface area contributed by atoms with Gasteiger partial charge in [-0.1, -0.05) is 37.5 Å². The van der Waals surface area contributed by atoms with Gasteiger partial charge in [-0.05, 0) is 67.7 Å². The maximum absolute atomic E-state index is 13.9. The molecule has 1 aliphatic carbocycles. The van der Waals surface area contributed by atoms with Crippen molar-refractivity contribution in [2.75, 3.05) is 39.0 Å². The van der Waals surface area contributed by atoms with Gasteiger partial charge in [-0.2, -0.15) is 4.31 Å². The molecule has 1 saturated heterocycles. The fourth-order valence-corrected chi connectivity index (χ4v) is 7.61. The number of carbonyl (C=O) groups excluding carboxylic acids is 2. The molecule has 8 nitrogen and oxygen atoms in total. The molecule has 1 aromatic carbocycles. The first kappa shape index (κ1) is 30.5. The van der Waals surface area contributed by atoms with Crippen LogP contribution in [0.25, 0.3) is 0 Å². The molecule has 2 aromatic rings. The second-order valence-electron chi connectivity index (χ2n) is 10.9. The summed E-state index contributed by atoms with van der Waals surface area (Å²) in [6.07, 6.45) is 7.19. The molecule has 0 unspecified atom stereocenters. The number of carbonyl (C=O) groups is 2. The predicted octanol–water partition coefficient (Wildman–Crippen LogP) is 4.55. The number of likely N-dealkylation sites (tertiary alicyclic amines) is 1. The number of ether oxygens (including phenoxy) is 1. The molecule has 2 heterocycles. The van der Waals surface area contributed by atoms with Crippen molar-refractivity contribution in [2.45, 2.75) is 70.9 Å². The number of hydrogen-bond donors (Lipinski definition) is 0. The lowest BCUT2D eigenvalue weighted by Crippen LogP contribution is -2.52. The molecule has 10 heteroatoms. The van der Waals surface area contributed by atoms with Crippen molar-refractivity contribution in [1.29, 1.82) is 0 Å². The molecule has 40 heavy (non-hydrogen) atoms. The molecular weight excluding hydrogens is 546 g/mol. The lowest BCUT2D eigenvalue weighted by molar-refractivity contribution is -0.137. The third-order valence-electron chi connectivity index (χ3n) is 8.25. The zero-order chi connectivity index (χ0) is 28.5. The van der Waals surface area contributed by atoms with E-state index in [0.29, 0.717) is 51.4 Å². The van der Waals surface area contributed by atoms with Crippen LogP contribution in [0, 0.1) is 5.92 Å². The highest BCUT2D eigenvalue weighted by molar-refractivity contribution is 7.89. The topological polar surface area (TPSA) is 87.2 Å². The summed E-state index contributed by atoms with van der Waals surface area (Å²) in [5.74, 6) is 0.965. The largest absolute Gasteiger partial charge is 0.497 e. The summed E-state index contributed by atoms with van der Waals surface area (Å²) < 4.78 is 32.9. The Balaban J connectivity index is 1.48. The Hall–Kier alpha value is -2.43. The van der Waals surface area contributed by atoms with Crippen LogP contribution in [-0.2, 0) is 32.6 Å². The van der Waals surface area contributed by atoms with Crippen LogP contribution in [-0.4, -0.2) is 79.4 Å². The zero-order valence-corrected chi connectivity index (χ0v) is 25.4. The molecule has 220 valence electrons. The van der Waals surface area contributed by atoms with Crippen LogP contribution < -0.4 is 4.74 Å². The zero-order valence-electron chi connectivity index (χ0n) is 23.8. The third kappa shape index (κ3) is 8.30. The minimum atomic E-state index is -3.53. The number of rotatable bonds is 12. The van der Waals surface area contributed by atoms with E-state index in [1.807, 2.05) is 51.6 Å². The molecule has 1 aromatic heterocycles. The second-order valence-corrected chi connectivity index (χ2v) is 14.2. The van der Waals surface area contributed by atoms with Crippen LogP contribution in [0.2, 0.25) is 0 Å². The standard InChI is InChI=1S/C30H43N3O5S2/c1-3-40(36,37)32(21-24-8-5-4-6-9-24)23-30(35)33(22-25-11-13-27(38-2)14-12-25)26-15-17-31(18-16-26)29(34)20-28-10-7-19-39-28/h7,10-14,19,24,26H,3-6,8-9,15-18,20-23H2,1-2H3. The van der Waals surface area contributed by atoms with Crippen LogP contribution in [0.4, 0.5) is 0 Å². The molecular formula is C30H43N3O5S2. The van der Waals surface area contributed by atoms with Crippen molar-refractivity contribution in [3.05, 3.63) is 52.2 Å². The highest BCUT2D eigenvalue weighted by Gasteiger charge is 2.33. The summed E-state index contributed by atoms with van der Waals surface area (Å²) in [6, 6.07) is 11.5. The highest BCUT2D eigenvalue weighted by atomic mass is 32.2. The Morgan fingerprint density at radius 2 is 1.73 bits per heavy atom. The Labute approximate surface area is 243 Å². The normalized spacial score (nSPS) is 17.2. The van der Waals surface area contributed by atoms with E-state index in [2.05, 4.69) is 0 Å². The molecule has 2 aliphatic rings. The maximum atomic E-state index is 13.9. The van der Waals surface area contributed by atoms with Gasteiger partial charge in [-0.25, -0.2) is 8.42 Å². The smallest absolute Gasteiger partial charge is 0.238 e. The number of sulfonamides is 1. The van der Waals surface area contributed by atoms with E-state index in [-0.39, 0.29) is 30.2 Å². The van der Waals surface area contributed by atoms with E-state index in [9.17, 15) is 18.0 Å². The van der Waals surface area contributed by atoms with E-state index >= 15 is 0 Å². The Kier molecular flexibility index (Phi) is 11.0. The minimum Gasteiger partial charge on any atom is -0.497 e. The van der Waals surface area contributed by atoms with Crippen molar-refractivity contribution in [3.63, 3.8) is 0 Å². The molecule has 0 N–H and O–H groups in total. The van der Waals surface area contributed by atoms with Crippen molar-refractivity contribution >= 4 is 33.2 Å². The second kappa shape index (κ2) is 14.5. The maximum Gasteiger partial charge on any atom is 0.238 e. The van der Waals surface area contributed by atoms with Gasteiger partial charge >= 0.3 is 0 Å². The quantitative estimate of drug-likeness (QED) is 0.363. The number of methoxy groups -OCH3 is 1. The summed E-state index contributed by atoms with van der Waals surface area (Å²) in [5, 5.41) is 1.98. The van der Waals surface area contributed by atoms with Gasteiger partial charge in [0.05, 0.1) is 25.8 Å². The summed E-state index contributed by atoms with van der Waals surface area (Å²) in [7, 11) is -1.91. The number of thiophene rings is 1. The van der Waals surface area contributed by atoms with Gasteiger partial charge in [0.15, 0.2) is 0 Å². The molecule has 1 aliphatic heterocycles. The Morgan fingerprint density at radius 1 is 1.02 bits per heavy atom. The van der Waals surface area contributed by atoms with Gasteiger partial charge in [-0.15, -0.1) is 11.3 Å². The van der Waals surface area contributed by atoms with Crippen LogP contribution in [0.5, 0.6) is 5.75 Å². The highest BCUT2D eigenvalue weighted by Crippen LogP contribution is 2.27. The van der Waals surface area contributed by atoms with E-state index in [0.717, 1.165) is 41.9 Å². The van der Waals surface area contributed by atoms with Crippen LogP contribution in [0.3, 0.4) is 0 Å². The lowest BCUT2D eigenvalue weighted by atomic mass is 9.89. The molecule has 2 amide bonds. The van der Waals surface area contributed by atoms with E-state index < -0.39 is 10.0 Å². The summed E-state index contributed by atoms with van der Waals surface area (Å²) in [6.45, 7) is 3.47. The van der Waals surface area contributed by atoms with E-state index in [4.69, 9.17) is 4.74 Å². The minimum absolute atomic E-state index is 0.0176. The average molecular weight is 590 g/mol. The first-order valence-electron chi connectivity index (χ1n) is 14.5. The lowest BCUT2D eigenvalue weighted by Gasteiger charge is -2.39. The fourth-order valence-electron chi connectivity index (χ4n) is 5.81. The van der Waals surface area contributed by atoms with Crippen LogP contribution in [0.1, 0.15) is 62.3 Å². The number of amides is 2. The summed E-state index contributed by atoms with van der Waals surface area (Å²) in [5.41, 5.74) is 0.961. The first-order chi connectivity index (χ1) is 19.3. The predicted molar refractivity (Wildman–Crippen MR) is 159 cm³/mol. The first-order valence-corrected chi connectivity index (χ1v) is 17.0. The van der Waals surface area contributed by atoms with Crippen molar-refractivity contribution in [3.8, 4) is 5.75 Å². The molecule has 2 fully saturated rings. The van der Waals surface area contributed by atoms with Gasteiger partial charge in [0.1, 0.15) is 5.75 Å². The van der Waals surface area contributed by atoms with Gasteiger partial charge in [0.2, 0.25) is 21.8 Å².